The van der Waals surface area contributed by atoms with Crippen molar-refractivity contribution in [2.75, 3.05) is 6.54 Å². The highest BCUT2D eigenvalue weighted by atomic mass is 16.1. The zero-order valence-corrected chi connectivity index (χ0v) is 13.9. The summed E-state index contributed by atoms with van der Waals surface area (Å²) in [5, 5.41) is 0. The normalized spacial score (nSPS) is 11.6. The van der Waals surface area contributed by atoms with E-state index in [1.54, 1.807) is 0 Å². The standard InChI is InChI=1S/C18H29N3O/c1-15(2)11-14-21-17-10-6-5-9-16(17)20(18(21)22)13-8-4-3-7-12-19/h5-6,9-10,15H,3-4,7-8,11-14,19H2,1-2H3. The Labute approximate surface area is 132 Å². The van der Waals surface area contributed by atoms with Crippen molar-refractivity contribution in [2.24, 2.45) is 11.7 Å². The average molecular weight is 303 g/mol. The number of para-hydroxylation sites is 2. The van der Waals surface area contributed by atoms with Gasteiger partial charge in [-0.05, 0) is 43.9 Å². The van der Waals surface area contributed by atoms with E-state index in [0.29, 0.717) is 5.92 Å². The number of rotatable bonds is 9. The molecule has 22 heavy (non-hydrogen) atoms. The van der Waals surface area contributed by atoms with Gasteiger partial charge in [0.05, 0.1) is 11.0 Å². The van der Waals surface area contributed by atoms with Crippen LogP contribution in [0.25, 0.3) is 11.0 Å². The highest BCUT2D eigenvalue weighted by molar-refractivity contribution is 5.75. The van der Waals surface area contributed by atoms with E-state index in [0.717, 1.165) is 62.8 Å². The lowest BCUT2D eigenvalue weighted by atomic mass is 10.1. The van der Waals surface area contributed by atoms with Gasteiger partial charge in [0.2, 0.25) is 0 Å². The van der Waals surface area contributed by atoms with Crippen molar-refractivity contribution in [3.05, 3.63) is 34.7 Å². The SMILES string of the molecule is CC(C)CCn1c(=O)n(CCCCCCN)c2ccccc21. The van der Waals surface area contributed by atoms with Crippen molar-refractivity contribution in [1.29, 1.82) is 0 Å². The molecule has 0 amide bonds. The Hall–Kier alpha value is -1.55. The number of hydrogen-bond acceptors (Lipinski definition) is 2. The molecule has 0 radical (unpaired) electrons. The maximum Gasteiger partial charge on any atom is 0.329 e. The molecule has 122 valence electrons. The Morgan fingerprint density at radius 3 is 2.14 bits per heavy atom. The Morgan fingerprint density at radius 1 is 0.955 bits per heavy atom. The van der Waals surface area contributed by atoms with Gasteiger partial charge in [-0.2, -0.15) is 0 Å². The van der Waals surface area contributed by atoms with Crippen LogP contribution in [0.3, 0.4) is 0 Å². The minimum absolute atomic E-state index is 0.140. The lowest BCUT2D eigenvalue weighted by Crippen LogP contribution is -2.25. The van der Waals surface area contributed by atoms with E-state index in [4.69, 9.17) is 5.73 Å². The van der Waals surface area contributed by atoms with Crippen LogP contribution in [0.4, 0.5) is 0 Å². The van der Waals surface area contributed by atoms with Crippen LogP contribution in [0, 0.1) is 5.92 Å². The number of aryl methyl sites for hydroxylation is 2. The van der Waals surface area contributed by atoms with E-state index >= 15 is 0 Å². The molecule has 0 aliphatic heterocycles. The number of hydrogen-bond donors (Lipinski definition) is 1. The number of imidazole rings is 1. The third kappa shape index (κ3) is 4.01. The van der Waals surface area contributed by atoms with Crippen LogP contribution in [0.2, 0.25) is 0 Å². The summed E-state index contributed by atoms with van der Waals surface area (Å²) in [6.45, 7) is 6.76. The van der Waals surface area contributed by atoms with Crippen molar-refractivity contribution in [3.63, 3.8) is 0 Å². The minimum atomic E-state index is 0.140. The Bertz CT molecular complexity index is 639. The molecule has 4 heteroatoms. The topological polar surface area (TPSA) is 53.0 Å². The molecule has 2 aromatic rings. The summed E-state index contributed by atoms with van der Waals surface area (Å²) < 4.78 is 3.88. The fourth-order valence-corrected chi connectivity index (χ4v) is 2.86. The fourth-order valence-electron chi connectivity index (χ4n) is 2.86. The molecule has 0 atom stereocenters. The molecule has 4 nitrogen and oxygen atoms in total. The minimum Gasteiger partial charge on any atom is -0.330 e. The van der Waals surface area contributed by atoms with Crippen LogP contribution < -0.4 is 11.4 Å². The smallest absolute Gasteiger partial charge is 0.329 e. The summed E-state index contributed by atoms with van der Waals surface area (Å²) in [5.41, 5.74) is 7.79. The Kier molecular flexibility index (Phi) is 6.25. The molecular formula is C18H29N3O. The number of benzene rings is 1. The second-order valence-electron chi connectivity index (χ2n) is 6.46. The van der Waals surface area contributed by atoms with Gasteiger partial charge in [-0.25, -0.2) is 4.79 Å². The van der Waals surface area contributed by atoms with Gasteiger partial charge in [0.15, 0.2) is 0 Å². The molecule has 2 rings (SSSR count). The summed E-state index contributed by atoms with van der Waals surface area (Å²) in [7, 11) is 0. The molecule has 0 bridgehead atoms. The second-order valence-corrected chi connectivity index (χ2v) is 6.46. The number of nitrogens with two attached hydrogens (primary N) is 1. The largest absolute Gasteiger partial charge is 0.330 e. The molecule has 0 aliphatic carbocycles. The Morgan fingerprint density at radius 2 is 1.55 bits per heavy atom. The van der Waals surface area contributed by atoms with Crippen molar-refractivity contribution in [2.45, 2.75) is 59.0 Å². The first-order valence-corrected chi connectivity index (χ1v) is 8.53. The Balaban J connectivity index is 2.18. The first-order chi connectivity index (χ1) is 10.6. The number of fused-ring (bicyclic) bond motifs is 1. The zero-order valence-electron chi connectivity index (χ0n) is 13.9. The highest BCUT2D eigenvalue weighted by Gasteiger charge is 2.12. The third-order valence-corrected chi connectivity index (χ3v) is 4.19. The number of aromatic nitrogens is 2. The summed E-state index contributed by atoms with van der Waals surface area (Å²) in [6, 6.07) is 8.14. The maximum absolute atomic E-state index is 12.7. The van der Waals surface area contributed by atoms with Gasteiger partial charge in [0.25, 0.3) is 0 Å². The summed E-state index contributed by atoms with van der Waals surface area (Å²) in [4.78, 5) is 12.7. The molecule has 0 saturated carbocycles. The fraction of sp³-hybridized carbons (Fsp3) is 0.611. The van der Waals surface area contributed by atoms with Crippen molar-refractivity contribution in [3.8, 4) is 0 Å². The van der Waals surface area contributed by atoms with Gasteiger partial charge in [-0.1, -0.05) is 38.8 Å². The van der Waals surface area contributed by atoms with E-state index in [-0.39, 0.29) is 5.69 Å². The monoisotopic (exact) mass is 303 g/mol. The van der Waals surface area contributed by atoms with Gasteiger partial charge in [-0.3, -0.25) is 9.13 Å². The predicted molar refractivity (Wildman–Crippen MR) is 93.2 cm³/mol. The molecule has 1 aromatic carbocycles. The van der Waals surface area contributed by atoms with Crippen LogP contribution in [-0.2, 0) is 13.1 Å². The number of nitrogens with zero attached hydrogens (tertiary/aromatic N) is 2. The molecule has 0 spiro atoms. The highest BCUT2D eigenvalue weighted by Crippen LogP contribution is 2.15. The van der Waals surface area contributed by atoms with Gasteiger partial charge >= 0.3 is 5.69 Å². The predicted octanol–water partition coefficient (Wildman–Crippen LogP) is 3.37. The lowest BCUT2D eigenvalue weighted by Gasteiger charge is -2.05. The van der Waals surface area contributed by atoms with E-state index in [9.17, 15) is 4.79 Å². The zero-order chi connectivity index (χ0) is 15.9. The molecule has 1 heterocycles. The van der Waals surface area contributed by atoms with E-state index in [1.807, 2.05) is 21.3 Å². The molecule has 2 N–H and O–H groups in total. The molecular weight excluding hydrogens is 274 g/mol. The second kappa shape index (κ2) is 8.18. The van der Waals surface area contributed by atoms with Crippen molar-refractivity contribution >= 4 is 11.0 Å². The third-order valence-electron chi connectivity index (χ3n) is 4.19. The van der Waals surface area contributed by atoms with Gasteiger partial charge in [0.1, 0.15) is 0 Å². The van der Waals surface area contributed by atoms with Gasteiger partial charge in [0, 0.05) is 13.1 Å². The molecule has 0 fully saturated rings. The quantitative estimate of drug-likeness (QED) is 0.722. The average Bonchev–Trinajstić information content (AvgIpc) is 2.77. The molecule has 0 unspecified atom stereocenters. The van der Waals surface area contributed by atoms with Gasteiger partial charge < -0.3 is 5.73 Å². The summed E-state index contributed by atoms with van der Waals surface area (Å²) in [6.07, 6.45) is 5.43. The first kappa shape index (κ1) is 16.8. The van der Waals surface area contributed by atoms with E-state index in [2.05, 4.69) is 26.0 Å². The first-order valence-electron chi connectivity index (χ1n) is 8.53. The van der Waals surface area contributed by atoms with Crippen molar-refractivity contribution in [1.82, 2.24) is 9.13 Å². The number of unbranched alkanes of at least 4 members (excludes halogenated alkanes) is 3. The summed E-state index contributed by atoms with van der Waals surface area (Å²) in [5.74, 6) is 0.602. The maximum atomic E-state index is 12.7. The summed E-state index contributed by atoms with van der Waals surface area (Å²) >= 11 is 0. The van der Waals surface area contributed by atoms with E-state index in [1.165, 1.54) is 0 Å². The lowest BCUT2D eigenvalue weighted by molar-refractivity contribution is 0.501. The van der Waals surface area contributed by atoms with Crippen LogP contribution in [0.5, 0.6) is 0 Å². The van der Waals surface area contributed by atoms with Crippen LogP contribution in [-0.4, -0.2) is 15.7 Å². The van der Waals surface area contributed by atoms with Crippen LogP contribution >= 0.6 is 0 Å². The van der Waals surface area contributed by atoms with Crippen molar-refractivity contribution < 1.29 is 0 Å². The van der Waals surface area contributed by atoms with Crippen LogP contribution in [0.1, 0.15) is 46.0 Å². The molecule has 1 aromatic heterocycles. The van der Waals surface area contributed by atoms with Crippen LogP contribution in [0.15, 0.2) is 29.1 Å². The molecule has 0 saturated heterocycles. The van der Waals surface area contributed by atoms with Gasteiger partial charge in [-0.15, -0.1) is 0 Å². The molecule has 0 aliphatic rings. The van der Waals surface area contributed by atoms with E-state index < -0.39 is 0 Å².